The summed E-state index contributed by atoms with van der Waals surface area (Å²) in [4.78, 5) is 0. The molecule has 0 bridgehead atoms. The zero-order valence-corrected chi connectivity index (χ0v) is 8.06. The summed E-state index contributed by atoms with van der Waals surface area (Å²) in [5.74, 6) is 0. The Labute approximate surface area is 117 Å². The Morgan fingerprint density at radius 3 is 0.500 bits per heavy atom. The number of rotatable bonds is 0. The van der Waals surface area contributed by atoms with Crippen molar-refractivity contribution >= 4 is 14.6 Å². The van der Waals surface area contributed by atoms with E-state index in [1.165, 1.54) is 0 Å². The summed E-state index contributed by atoms with van der Waals surface area (Å²) >= 11 is 0. The molecule has 0 aliphatic rings. The predicted octanol–water partition coefficient (Wildman–Crippen LogP) is -16.9. The average molecular weight is 194 g/mol. The van der Waals surface area contributed by atoms with Crippen molar-refractivity contribution in [2.24, 2.45) is 0 Å². The molecule has 0 spiro atoms. The topological polar surface area (TPSA) is 138 Å². The molecule has 0 atom stereocenters. The van der Waals surface area contributed by atoms with Crippen LogP contribution in [0.5, 0.6) is 0 Å². The van der Waals surface area contributed by atoms with E-state index in [0.29, 0.717) is 0 Å². The average Bonchev–Trinajstić information content (AvgIpc) is 1.25. The SMILES string of the molecule is [Fe+3].[Li+].[Li+].[Li+].[O-]B([O-])[O-].[O-]B([O-])[O-]. The van der Waals surface area contributed by atoms with Gasteiger partial charge in [-0.25, -0.2) is 0 Å². The minimum absolute atomic E-state index is 0. The van der Waals surface area contributed by atoms with Gasteiger partial charge in [-0.2, -0.15) is 0 Å². The molecule has 0 aliphatic heterocycles. The Morgan fingerprint density at radius 1 is 0.500 bits per heavy atom. The summed E-state index contributed by atoms with van der Waals surface area (Å²) in [7, 11) is -5.83. The Hall–Kier alpha value is 2.20. The maximum Gasteiger partial charge on any atom is 3.00 e. The van der Waals surface area contributed by atoms with Crippen LogP contribution in [0.4, 0.5) is 0 Å². The van der Waals surface area contributed by atoms with Gasteiger partial charge in [0, 0.05) is 0 Å². The fourth-order valence-electron chi connectivity index (χ4n) is 0. The maximum atomic E-state index is 8.42. The van der Waals surface area contributed by atoms with Crippen LogP contribution in [0.2, 0.25) is 0 Å². The summed E-state index contributed by atoms with van der Waals surface area (Å²) in [6.07, 6.45) is 0. The van der Waals surface area contributed by atoms with Crippen LogP contribution in [0.1, 0.15) is 0 Å². The Bertz CT molecular complexity index is 36.3. The van der Waals surface area contributed by atoms with Crippen molar-refractivity contribution in [2.75, 3.05) is 0 Å². The first kappa shape index (κ1) is 36.8. The molecule has 0 heterocycles. The zero-order chi connectivity index (χ0) is 7.15. The van der Waals surface area contributed by atoms with Crippen molar-refractivity contribution < 1.29 is 104 Å². The van der Waals surface area contributed by atoms with Crippen LogP contribution in [-0.2, 0) is 17.1 Å². The molecule has 0 unspecified atom stereocenters. The van der Waals surface area contributed by atoms with Crippen LogP contribution < -0.4 is 86.7 Å². The third kappa shape index (κ3) is 316. The first-order valence-electron chi connectivity index (χ1n) is 1.41. The van der Waals surface area contributed by atoms with Gasteiger partial charge < -0.3 is 30.1 Å². The number of hydrogen-bond donors (Lipinski definition) is 0. The summed E-state index contributed by atoms with van der Waals surface area (Å²) in [6.45, 7) is 0. The van der Waals surface area contributed by atoms with Gasteiger partial charge in [-0.05, 0) is 0 Å². The molecule has 0 fully saturated rings. The van der Waals surface area contributed by atoms with Crippen molar-refractivity contribution in [2.45, 2.75) is 0 Å². The van der Waals surface area contributed by atoms with E-state index in [1.54, 1.807) is 0 Å². The maximum absolute atomic E-state index is 8.42. The molecule has 0 aromatic rings. The van der Waals surface area contributed by atoms with Crippen LogP contribution in [-0.4, -0.2) is 14.6 Å². The van der Waals surface area contributed by atoms with Gasteiger partial charge in [-0.15, -0.1) is 0 Å². The minimum atomic E-state index is -2.92. The van der Waals surface area contributed by atoms with Crippen molar-refractivity contribution in [1.29, 1.82) is 0 Å². The molecule has 0 amide bonds. The Morgan fingerprint density at radius 2 is 0.500 bits per heavy atom. The van der Waals surface area contributed by atoms with E-state index in [-0.39, 0.29) is 73.7 Å². The second kappa shape index (κ2) is 29.2. The van der Waals surface area contributed by atoms with E-state index in [2.05, 4.69) is 0 Å². The second-order valence-electron chi connectivity index (χ2n) is 0.577. The zero-order valence-electron chi connectivity index (χ0n) is 6.96. The summed E-state index contributed by atoms with van der Waals surface area (Å²) < 4.78 is 0. The van der Waals surface area contributed by atoms with E-state index < -0.39 is 14.6 Å². The van der Waals surface area contributed by atoms with Crippen LogP contribution in [0.25, 0.3) is 0 Å². The third-order valence-electron chi connectivity index (χ3n) is 0. The summed E-state index contributed by atoms with van der Waals surface area (Å²) in [6, 6.07) is 0. The van der Waals surface area contributed by atoms with Gasteiger partial charge in [-0.1, -0.05) is 0 Å². The predicted molar refractivity (Wildman–Crippen MR) is 11.5 cm³/mol. The molecule has 0 aromatic carbocycles. The smallest absolute Gasteiger partial charge is 0.907 e. The van der Waals surface area contributed by atoms with Crippen LogP contribution in [0.3, 0.4) is 0 Å². The molecule has 0 rings (SSSR count). The number of hydrogen-bond acceptors (Lipinski definition) is 6. The largest absolute Gasteiger partial charge is 3.00 e. The first-order chi connectivity index (χ1) is 3.46. The minimum Gasteiger partial charge on any atom is -0.907 e. The fraction of sp³-hybridized carbons (Fsp3) is 0. The molecular formula is B2FeLi3O6. The van der Waals surface area contributed by atoms with Crippen molar-refractivity contribution in [3.8, 4) is 0 Å². The molecule has 53 valence electrons. The molecule has 6 nitrogen and oxygen atoms in total. The van der Waals surface area contributed by atoms with Crippen LogP contribution in [0.15, 0.2) is 0 Å². The van der Waals surface area contributed by atoms with Crippen LogP contribution in [0, 0.1) is 0 Å². The monoisotopic (exact) mass is 195 g/mol. The summed E-state index contributed by atoms with van der Waals surface area (Å²) in [5, 5.41) is 50.5. The quantitative estimate of drug-likeness (QED) is 0.351. The molecule has 1 radical (unpaired) electrons. The van der Waals surface area contributed by atoms with Gasteiger partial charge in [0.1, 0.15) is 0 Å². The molecule has 12 heavy (non-hydrogen) atoms. The normalized spacial score (nSPS) is 4.50. The van der Waals surface area contributed by atoms with Gasteiger partial charge in [0.25, 0.3) is 0 Å². The molecule has 0 saturated carbocycles. The molecular weight excluding hydrogens is 194 g/mol. The van der Waals surface area contributed by atoms with E-state index >= 15 is 0 Å². The van der Waals surface area contributed by atoms with Gasteiger partial charge in [0.2, 0.25) is 0 Å². The van der Waals surface area contributed by atoms with Crippen molar-refractivity contribution in [1.82, 2.24) is 0 Å². The van der Waals surface area contributed by atoms with Gasteiger partial charge in [0.05, 0.1) is 0 Å². The standard InChI is InChI=1S/2BO3.Fe.3Li/c2*2-1(3)4;;;;/q2*-3;+3;3*+1. The first-order valence-corrected chi connectivity index (χ1v) is 1.41. The van der Waals surface area contributed by atoms with Crippen LogP contribution >= 0.6 is 0 Å². The van der Waals surface area contributed by atoms with E-state index in [9.17, 15) is 0 Å². The van der Waals surface area contributed by atoms with E-state index in [4.69, 9.17) is 30.1 Å². The fourth-order valence-corrected chi connectivity index (χ4v) is 0. The third-order valence-corrected chi connectivity index (χ3v) is 0. The van der Waals surface area contributed by atoms with Gasteiger partial charge in [0.15, 0.2) is 0 Å². The van der Waals surface area contributed by atoms with Crippen molar-refractivity contribution in [3.05, 3.63) is 0 Å². The van der Waals surface area contributed by atoms with Crippen molar-refractivity contribution in [3.63, 3.8) is 0 Å². The molecule has 0 aromatic heterocycles. The van der Waals surface area contributed by atoms with Gasteiger partial charge in [-0.3, -0.25) is 14.6 Å². The summed E-state index contributed by atoms with van der Waals surface area (Å²) in [5.41, 5.74) is 0. The Kier molecular flexibility index (Phi) is 89.6. The van der Waals surface area contributed by atoms with Gasteiger partial charge >= 0.3 is 73.7 Å². The molecule has 0 aliphatic carbocycles. The Balaban J connectivity index is -0.0000000112. The van der Waals surface area contributed by atoms with E-state index in [0.717, 1.165) is 0 Å². The second-order valence-corrected chi connectivity index (χ2v) is 0.577. The molecule has 0 N–H and O–H groups in total. The molecule has 12 heteroatoms. The molecule has 0 saturated heterocycles. The van der Waals surface area contributed by atoms with E-state index in [1.807, 2.05) is 0 Å².